The Hall–Kier alpha value is -1.96. The van der Waals surface area contributed by atoms with Crippen LogP contribution >= 0.6 is 11.6 Å². The van der Waals surface area contributed by atoms with E-state index in [4.69, 9.17) is 21.1 Å². The molecule has 0 aliphatic carbocycles. The van der Waals surface area contributed by atoms with E-state index in [1.54, 1.807) is 0 Å². The molecule has 0 radical (unpaired) electrons. The van der Waals surface area contributed by atoms with Crippen molar-refractivity contribution < 1.29 is 27.4 Å². The Morgan fingerprint density at radius 2 is 1.55 bits per heavy atom. The summed E-state index contributed by atoms with van der Waals surface area (Å²) in [7, 11) is 0. The minimum atomic E-state index is -4.68. The van der Waals surface area contributed by atoms with Crippen LogP contribution in [0.5, 0.6) is 11.5 Å². The molecule has 31 heavy (non-hydrogen) atoms. The molecule has 3 rings (SSSR count). The van der Waals surface area contributed by atoms with Crippen LogP contribution in [0.2, 0.25) is 5.02 Å². The quantitative estimate of drug-likeness (QED) is 0.405. The number of unbranched alkanes of at least 4 members (excludes halogenated alkanes) is 1. The fraction of sp³-hybridized carbons (Fsp3) is 0.478. The van der Waals surface area contributed by atoms with Gasteiger partial charge in [-0.15, -0.1) is 13.2 Å². The molecule has 4 nitrogen and oxygen atoms in total. The van der Waals surface area contributed by atoms with Crippen molar-refractivity contribution in [3.63, 3.8) is 0 Å². The van der Waals surface area contributed by atoms with Crippen molar-refractivity contribution in [2.75, 3.05) is 26.2 Å². The molecule has 0 spiro atoms. The molecule has 0 saturated carbocycles. The summed E-state index contributed by atoms with van der Waals surface area (Å²) >= 11 is 5.90. The van der Waals surface area contributed by atoms with Crippen LogP contribution in [0.4, 0.5) is 13.2 Å². The van der Waals surface area contributed by atoms with Crippen LogP contribution in [-0.4, -0.2) is 43.6 Å². The number of ether oxygens (including phenoxy) is 3. The van der Waals surface area contributed by atoms with E-state index in [0.29, 0.717) is 25.1 Å². The Kier molecular flexibility index (Phi) is 8.87. The summed E-state index contributed by atoms with van der Waals surface area (Å²) in [6, 6.07) is 13.2. The molecular weight excluding hydrogens is 431 g/mol. The molecule has 1 saturated heterocycles. The van der Waals surface area contributed by atoms with Crippen LogP contribution in [-0.2, 0) is 11.3 Å². The monoisotopic (exact) mass is 457 g/mol. The number of halogens is 4. The van der Waals surface area contributed by atoms with Gasteiger partial charge in [0.1, 0.15) is 11.5 Å². The highest BCUT2D eigenvalue weighted by Crippen LogP contribution is 2.25. The number of piperidine rings is 1. The second-order valence-corrected chi connectivity index (χ2v) is 7.99. The Morgan fingerprint density at radius 1 is 0.903 bits per heavy atom. The highest BCUT2D eigenvalue weighted by atomic mass is 35.5. The minimum absolute atomic E-state index is 0.250. The van der Waals surface area contributed by atoms with Crippen LogP contribution in [0, 0.1) is 0 Å². The number of hydrogen-bond donors (Lipinski definition) is 0. The van der Waals surface area contributed by atoms with Crippen LogP contribution in [0.25, 0.3) is 0 Å². The molecule has 0 N–H and O–H groups in total. The summed E-state index contributed by atoms with van der Waals surface area (Å²) in [6.07, 6.45) is -0.453. The first-order chi connectivity index (χ1) is 14.9. The van der Waals surface area contributed by atoms with E-state index < -0.39 is 6.36 Å². The average molecular weight is 458 g/mol. The van der Waals surface area contributed by atoms with E-state index in [2.05, 4.69) is 9.64 Å². The Balaban J connectivity index is 1.24. The maximum absolute atomic E-state index is 12.2. The van der Waals surface area contributed by atoms with Crippen LogP contribution in [0.3, 0.4) is 0 Å². The van der Waals surface area contributed by atoms with Crippen LogP contribution in [0.1, 0.15) is 31.2 Å². The van der Waals surface area contributed by atoms with Crippen molar-refractivity contribution in [3.05, 3.63) is 59.1 Å². The van der Waals surface area contributed by atoms with Gasteiger partial charge in [0.15, 0.2) is 0 Å². The van der Waals surface area contributed by atoms with E-state index >= 15 is 0 Å². The van der Waals surface area contributed by atoms with Crippen molar-refractivity contribution in [1.29, 1.82) is 0 Å². The zero-order chi connectivity index (χ0) is 22.1. The first-order valence-corrected chi connectivity index (χ1v) is 10.8. The Bertz CT molecular complexity index is 776. The molecule has 0 unspecified atom stereocenters. The van der Waals surface area contributed by atoms with Crippen molar-refractivity contribution >= 4 is 11.6 Å². The highest BCUT2D eigenvalue weighted by Gasteiger charge is 2.31. The second kappa shape index (κ2) is 11.6. The topological polar surface area (TPSA) is 30.9 Å². The fourth-order valence-corrected chi connectivity index (χ4v) is 3.59. The molecule has 0 aromatic heterocycles. The smallest absolute Gasteiger partial charge is 0.494 e. The van der Waals surface area contributed by atoms with Gasteiger partial charge in [-0.25, -0.2) is 0 Å². The fourth-order valence-electron chi connectivity index (χ4n) is 3.46. The van der Waals surface area contributed by atoms with Gasteiger partial charge in [-0.3, -0.25) is 0 Å². The largest absolute Gasteiger partial charge is 0.573 e. The summed E-state index contributed by atoms with van der Waals surface area (Å²) in [4.78, 5) is 2.44. The molecule has 0 atom stereocenters. The van der Waals surface area contributed by atoms with Gasteiger partial charge < -0.3 is 19.1 Å². The lowest BCUT2D eigenvalue weighted by Gasteiger charge is -2.31. The van der Waals surface area contributed by atoms with Gasteiger partial charge in [0, 0.05) is 18.1 Å². The Labute approximate surface area is 185 Å². The number of rotatable bonds is 10. The number of nitrogens with zero attached hydrogens (tertiary/aromatic N) is 1. The van der Waals surface area contributed by atoms with E-state index in [1.807, 2.05) is 24.3 Å². The summed E-state index contributed by atoms with van der Waals surface area (Å²) in [5.41, 5.74) is 1.13. The SMILES string of the molecule is FC(F)(F)Oc1ccc(OCCCCN2CCC(OCc3ccc(Cl)cc3)CC2)cc1. The average Bonchev–Trinajstić information content (AvgIpc) is 2.74. The summed E-state index contributed by atoms with van der Waals surface area (Å²) in [5, 5.41) is 0.732. The second-order valence-electron chi connectivity index (χ2n) is 7.55. The molecule has 1 aliphatic rings. The predicted molar refractivity (Wildman–Crippen MR) is 114 cm³/mol. The van der Waals surface area contributed by atoms with Gasteiger partial charge in [-0.05, 0) is 74.2 Å². The number of likely N-dealkylation sites (tertiary alicyclic amines) is 1. The van der Waals surface area contributed by atoms with Crippen LogP contribution < -0.4 is 9.47 Å². The van der Waals surface area contributed by atoms with E-state index in [0.717, 1.165) is 55.9 Å². The van der Waals surface area contributed by atoms with Crippen molar-refractivity contribution in [1.82, 2.24) is 4.90 Å². The molecule has 170 valence electrons. The molecule has 2 aromatic carbocycles. The molecule has 1 fully saturated rings. The Morgan fingerprint density at radius 3 is 2.19 bits per heavy atom. The maximum atomic E-state index is 12.2. The summed E-state index contributed by atoms with van der Waals surface area (Å²) < 4.78 is 51.9. The highest BCUT2D eigenvalue weighted by molar-refractivity contribution is 6.30. The third-order valence-corrected chi connectivity index (χ3v) is 5.38. The van der Waals surface area contributed by atoms with Gasteiger partial charge in [-0.2, -0.15) is 0 Å². The lowest BCUT2D eigenvalue weighted by Crippen LogP contribution is -2.37. The number of benzene rings is 2. The van der Waals surface area contributed by atoms with Gasteiger partial charge in [0.25, 0.3) is 0 Å². The van der Waals surface area contributed by atoms with Crippen molar-refractivity contribution in [2.45, 2.75) is 44.8 Å². The lowest BCUT2D eigenvalue weighted by molar-refractivity contribution is -0.274. The lowest BCUT2D eigenvalue weighted by atomic mass is 10.1. The van der Waals surface area contributed by atoms with Crippen molar-refractivity contribution in [3.8, 4) is 11.5 Å². The van der Waals surface area contributed by atoms with Crippen molar-refractivity contribution in [2.24, 2.45) is 0 Å². The minimum Gasteiger partial charge on any atom is -0.494 e. The molecule has 1 aliphatic heterocycles. The van der Waals surface area contributed by atoms with E-state index in [9.17, 15) is 13.2 Å². The summed E-state index contributed by atoms with van der Waals surface area (Å²) in [5.74, 6) is 0.286. The number of hydrogen-bond acceptors (Lipinski definition) is 4. The molecular formula is C23H27ClF3NO3. The molecule has 0 amide bonds. The molecule has 1 heterocycles. The number of alkyl halides is 3. The third kappa shape index (κ3) is 8.97. The third-order valence-electron chi connectivity index (χ3n) is 5.13. The molecule has 0 bridgehead atoms. The maximum Gasteiger partial charge on any atom is 0.573 e. The zero-order valence-corrected chi connectivity index (χ0v) is 18.0. The zero-order valence-electron chi connectivity index (χ0n) is 17.2. The van der Waals surface area contributed by atoms with E-state index in [-0.39, 0.29) is 5.75 Å². The summed E-state index contributed by atoms with van der Waals surface area (Å²) in [6.45, 7) is 4.19. The molecule has 8 heteroatoms. The van der Waals surface area contributed by atoms with Crippen LogP contribution in [0.15, 0.2) is 48.5 Å². The van der Waals surface area contributed by atoms with Gasteiger partial charge in [0.2, 0.25) is 0 Å². The van der Waals surface area contributed by atoms with Gasteiger partial charge in [-0.1, -0.05) is 23.7 Å². The normalized spacial score (nSPS) is 15.7. The first-order valence-electron chi connectivity index (χ1n) is 10.4. The predicted octanol–water partition coefficient (Wildman–Crippen LogP) is 6.08. The van der Waals surface area contributed by atoms with Gasteiger partial charge >= 0.3 is 6.36 Å². The standard InChI is InChI=1S/C23H27ClF3NO3/c24-19-5-3-18(4-6-19)17-30-21-11-14-28(15-12-21)13-1-2-16-29-20-7-9-22(10-8-20)31-23(25,26)27/h3-10,21H,1-2,11-17H2. The molecule has 2 aromatic rings. The van der Waals surface area contributed by atoms with E-state index in [1.165, 1.54) is 24.3 Å². The van der Waals surface area contributed by atoms with Gasteiger partial charge in [0.05, 0.1) is 19.3 Å². The first kappa shape index (κ1) is 23.7.